The monoisotopic (exact) mass is 339 g/mol. The molecule has 7 nitrogen and oxygen atoms in total. The molecule has 0 radical (unpaired) electrons. The molecule has 0 aromatic heterocycles. The molecule has 0 aliphatic carbocycles. The molecule has 2 aromatic carbocycles. The molecule has 25 heavy (non-hydrogen) atoms. The second-order valence-corrected chi connectivity index (χ2v) is 5.30. The summed E-state index contributed by atoms with van der Waals surface area (Å²) < 4.78 is 0. The molecule has 2 rings (SSSR count). The molecule has 0 saturated carbocycles. The highest BCUT2D eigenvalue weighted by molar-refractivity contribution is 6.43. The highest BCUT2D eigenvalue weighted by Crippen LogP contribution is 2.16. The van der Waals surface area contributed by atoms with E-state index in [0.29, 0.717) is 10.6 Å². The van der Waals surface area contributed by atoms with Gasteiger partial charge in [0.05, 0.1) is 4.91 Å². The van der Waals surface area contributed by atoms with Crippen LogP contribution in [0, 0.1) is 4.91 Å². The van der Waals surface area contributed by atoms with Crippen molar-refractivity contribution in [2.24, 2.45) is 0 Å². The number of anilines is 1. The summed E-state index contributed by atoms with van der Waals surface area (Å²) in [6.45, 7) is 2.37. The average Bonchev–Trinajstić information content (AvgIpc) is 2.61. The molecule has 0 unspecified atom stereocenters. The topological polar surface area (TPSA) is 100 Å². The first-order valence-electron chi connectivity index (χ1n) is 7.34. The van der Waals surface area contributed by atoms with E-state index < -0.39 is 23.1 Å². The molecule has 0 fully saturated rings. The summed E-state index contributed by atoms with van der Waals surface area (Å²) in [6.07, 6.45) is 0. The SMILES string of the molecule is CC(=O)C(=O)c1ccc(N[N+](=O)c2ccc(C(=O)C(C)=O)cc2)cc1. The van der Waals surface area contributed by atoms with Gasteiger partial charge in [0.2, 0.25) is 11.6 Å². The molecular formula is C18H15N2O5+. The maximum atomic E-state index is 12.1. The smallest absolute Gasteiger partial charge is 0.291 e. The van der Waals surface area contributed by atoms with E-state index in [4.69, 9.17) is 0 Å². The highest BCUT2D eigenvalue weighted by atomic mass is 16.3. The third kappa shape index (κ3) is 4.29. The summed E-state index contributed by atoms with van der Waals surface area (Å²) in [4.78, 5) is 57.7. The van der Waals surface area contributed by atoms with Crippen LogP contribution in [0.2, 0.25) is 0 Å². The Morgan fingerprint density at radius 3 is 1.52 bits per heavy atom. The van der Waals surface area contributed by atoms with Crippen molar-refractivity contribution in [2.45, 2.75) is 13.8 Å². The second kappa shape index (κ2) is 7.39. The molecule has 7 heteroatoms. The number of nitrogens with one attached hydrogen (secondary N) is 1. The van der Waals surface area contributed by atoms with Crippen LogP contribution >= 0.6 is 0 Å². The zero-order chi connectivity index (χ0) is 18.6. The molecule has 0 bridgehead atoms. The van der Waals surface area contributed by atoms with Gasteiger partial charge >= 0.3 is 0 Å². The fourth-order valence-electron chi connectivity index (χ4n) is 2.03. The molecule has 0 aliphatic rings. The van der Waals surface area contributed by atoms with Crippen LogP contribution in [0.1, 0.15) is 34.6 Å². The number of Topliss-reactive ketones (excluding diaryl/α,β-unsaturated/α-hetero) is 4. The van der Waals surface area contributed by atoms with Gasteiger partial charge in [-0.1, -0.05) is 0 Å². The molecule has 126 valence electrons. The molecule has 1 N–H and O–H groups in total. The van der Waals surface area contributed by atoms with Crippen LogP contribution in [0.15, 0.2) is 48.5 Å². The van der Waals surface area contributed by atoms with Crippen molar-refractivity contribution in [3.05, 3.63) is 64.6 Å². The number of hydrogen-bond acceptors (Lipinski definition) is 5. The molecule has 2 aromatic rings. The first-order chi connectivity index (χ1) is 11.8. The quantitative estimate of drug-likeness (QED) is 0.360. The maximum Gasteiger partial charge on any atom is 0.292 e. The predicted octanol–water partition coefficient (Wildman–Crippen LogP) is 2.67. The number of hydrazine groups is 1. The minimum Gasteiger partial charge on any atom is -0.291 e. The Hall–Kier alpha value is -3.48. The molecule has 0 spiro atoms. The van der Waals surface area contributed by atoms with Crippen LogP contribution in [0.5, 0.6) is 0 Å². The summed E-state index contributed by atoms with van der Waals surface area (Å²) in [6, 6.07) is 11.5. The van der Waals surface area contributed by atoms with Crippen LogP contribution in [0.3, 0.4) is 0 Å². The fraction of sp³-hybridized carbons (Fsp3) is 0.111. The zero-order valence-electron chi connectivity index (χ0n) is 13.6. The van der Waals surface area contributed by atoms with Crippen LogP contribution in [-0.4, -0.2) is 28.0 Å². The number of carbonyl (C=O) groups is 4. The molecule has 0 atom stereocenters. The molecular weight excluding hydrogens is 324 g/mol. The third-order valence-electron chi connectivity index (χ3n) is 3.38. The van der Waals surface area contributed by atoms with Gasteiger partial charge in [0.1, 0.15) is 5.69 Å². The van der Waals surface area contributed by atoms with E-state index in [1.165, 1.54) is 62.4 Å². The summed E-state index contributed by atoms with van der Waals surface area (Å²) in [7, 11) is 0. The molecule has 0 heterocycles. The lowest BCUT2D eigenvalue weighted by molar-refractivity contribution is -0.427. The van der Waals surface area contributed by atoms with Gasteiger partial charge in [0.15, 0.2) is 16.4 Å². The Bertz CT molecular complexity index is 867. The van der Waals surface area contributed by atoms with Crippen molar-refractivity contribution in [2.75, 3.05) is 5.43 Å². The Balaban J connectivity index is 2.09. The number of benzene rings is 2. The Labute approximate surface area is 143 Å². The standard InChI is InChI=1S/C18H14N2O5/c1-11(21)17(23)13-3-7-15(8-4-13)19-20(25)16-9-5-14(6-10-16)18(24)12(2)22/h3-10H,1-2H3/p+1. The average molecular weight is 339 g/mol. The molecule has 0 amide bonds. The summed E-state index contributed by atoms with van der Waals surface area (Å²) in [5.41, 5.74) is 3.64. The van der Waals surface area contributed by atoms with Gasteiger partial charge in [-0.2, -0.15) is 0 Å². The Morgan fingerprint density at radius 1 is 0.720 bits per heavy atom. The maximum absolute atomic E-state index is 12.1. The summed E-state index contributed by atoms with van der Waals surface area (Å²) in [5, 5.41) is 0. The highest BCUT2D eigenvalue weighted by Gasteiger charge is 2.17. The lowest BCUT2D eigenvalue weighted by Gasteiger charge is -2.00. The second-order valence-electron chi connectivity index (χ2n) is 5.30. The normalized spacial score (nSPS) is 10.0. The molecule has 0 aliphatic heterocycles. The van der Waals surface area contributed by atoms with E-state index in [-0.39, 0.29) is 16.8 Å². The fourth-order valence-corrected chi connectivity index (χ4v) is 2.03. The number of nitrogens with zero attached hydrogens (tertiary/aromatic N) is 1. The first-order valence-corrected chi connectivity index (χ1v) is 7.34. The van der Waals surface area contributed by atoms with E-state index in [9.17, 15) is 24.1 Å². The van der Waals surface area contributed by atoms with Gasteiger partial charge in [-0.3, -0.25) is 19.2 Å². The van der Waals surface area contributed by atoms with Crippen LogP contribution < -0.4 is 5.43 Å². The summed E-state index contributed by atoms with van der Waals surface area (Å²) in [5.74, 6) is -2.37. The van der Waals surface area contributed by atoms with Gasteiger partial charge in [0, 0.05) is 37.1 Å². The van der Waals surface area contributed by atoms with E-state index >= 15 is 0 Å². The minimum atomic E-state index is -0.623. The van der Waals surface area contributed by atoms with E-state index in [1.807, 2.05) is 0 Å². The number of rotatable bonds is 7. The van der Waals surface area contributed by atoms with Crippen LogP contribution in [0.25, 0.3) is 0 Å². The number of carbonyl (C=O) groups excluding carboxylic acids is 4. The Morgan fingerprint density at radius 2 is 1.12 bits per heavy atom. The minimum absolute atomic E-state index is 0.205. The number of nitroso groups, excluding NO2 is 1. The van der Waals surface area contributed by atoms with Gasteiger partial charge in [-0.15, -0.1) is 5.43 Å². The van der Waals surface area contributed by atoms with Gasteiger partial charge in [0.25, 0.3) is 5.69 Å². The van der Waals surface area contributed by atoms with E-state index in [0.717, 1.165) is 0 Å². The van der Waals surface area contributed by atoms with Crippen molar-refractivity contribution < 1.29 is 24.0 Å². The third-order valence-corrected chi connectivity index (χ3v) is 3.38. The van der Waals surface area contributed by atoms with Gasteiger partial charge in [-0.25, -0.2) is 0 Å². The van der Waals surface area contributed by atoms with Crippen molar-refractivity contribution >= 4 is 34.5 Å². The molecule has 0 saturated heterocycles. The van der Waals surface area contributed by atoms with E-state index in [2.05, 4.69) is 5.43 Å². The van der Waals surface area contributed by atoms with Gasteiger partial charge in [-0.05, 0) is 36.4 Å². The van der Waals surface area contributed by atoms with Crippen molar-refractivity contribution in [1.29, 1.82) is 0 Å². The lowest BCUT2D eigenvalue weighted by atomic mass is 10.1. The zero-order valence-corrected chi connectivity index (χ0v) is 13.6. The van der Waals surface area contributed by atoms with Crippen molar-refractivity contribution in [3.8, 4) is 0 Å². The van der Waals surface area contributed by atoms with Crippen molar-refractivity contribution in [1.82, 2.24) is 0 Å². The lowest BCUT2D eigenvalue weighted by Crippen LogP contribution is -2.13. The van der Waals surface area contributed by atoms with E-state index in [1.54, 1.807) is 0 Å². The van der Waals surface area contributed by atoms with Crippen molar-refractivity contribution in [3.63, 3.8) is 0 Å². The predicted molar refractivity (Wildman–Crippen MR) is 89.8 cm³/mol. The first kappa shape index (κ1) is 17.9. The van der Waals surface area contributed by atoms with Crippen LogP contribution in [-0.2, 0) is 9.59 Å². The van der Waals surface area contributed by atoms with Gasteiger partial charge < -0.3 is 0 Å². The number of ketones is 4. The summed E-state index contributed by atoms with van der Waals surface area (Å²) >= 11 is 0. The largest absolute Gasteiger partial charge is 0.292 e. The Kier molecular flexibility index (Phi) is 5.28. The van der Waals surface area contributed by atoms with Crippen LogP contribution in [0.4, 0.5) is 11.4 Å². The number of hydrogen-bond donors (Lipinski definition) is 1.